The van der Waals surface area contributed by atoms with Crippen molar-refractivity contribution >= 4 is 11.8 Å². The van der Waals surface area contributed by atoms with E-state index in [2.05, 4.69) is 15.2 Å². The Morgan fingerprint density at radius 2 is 2.00 bits per heavy atom. The number of nitrogens with zero attached hydrogens (tertiary/aromatic N) is 4. The number of methoxy groups -OCH3 is 1. The Kier molecular flexibility index (Phi) is 4.76. The van der Waals surface area contributed by atoms with E-state index in [-0.39, 0.29) is 11.8 Å². The molecule has 0 aliphatic carbocycles. The standard InChI is InChI=1S/C18H21N5O4/c1-26-15-10-12(2-4-19-15)17(24)23-5-3-13-14(11-23)20-21-16(13)18(25)22-6-8-27-9-7-22/h2,4,10H,3,5-9,11H2,1H3,(H,20,21). The van der Waals surface area contributed by atoms with Crippen molar-refractivity contribution in [1.82, 2.24) is 25.0 Å². The molecule has 2 aromatic rings. The average molecular weight is 371 g/mol. The summed E-state index contributed by atoms with van der Waals surface area (Å²) in [5.74, 6) is 0.227. The Morgan fingerprint density at radius 1 is 1.19 bits per heavy atom. The number of carbonyl (C=O) groups excluding carboxylic acids is 2. The first kappa shape index (κ1) is 17.5. The van der Waals surface area contributed by atoms with Crippen LogP contribution in [0.25, 0.3) is 0 Å². The molecule has 0 aromatic carbocycles. The molecule has 4 rings (SSSR count). The summed E-state index contributed by atoms with van der Waals surface area (Å²) in [6.45, 7) is 3.18. The molecule has 27 heavy (non-hydrogen) atoms. The van der Waals surface area contributed by atoms with Crippen LogP contribution in [0.5, 0.6) is 5.88 Å². The molecule has 1 saturated heterocycles. The van der Waals surface area contributed by atoms with Crippen molar-refractivity contribution in [3.8, 4) is 5.88 Å². The van der Waals surface area contributed by atoms with E-state index >= 15 is 0 Å². The molecule has 9 heteroatoms. The fraction of sp³-hybridized carbons (Fsp3) is 0.444. The average Bonchev–Trinajstić information content (AvgIpc) is 3.16. The maximum atomic E-state index is 12.8. The molecule has 0 saturated carbocycles. The van der Waals surface area contributed by atoms with Crippen LogP contribution >= 0.6 is 0 Å². The van der Waals surface area contributed by atoms with Crippen LogP contribution in [0.3, 0.4) is 0 Å². The molecule has 0 atom stereocenters. The fourth-order valence-electron chi connectivity index (χ4n) is 3.42. The number of rotatable bonds is 3. The van der Waals surface area contributed by atoms with E-state index in [1.807, 2.05) is 0 Å². The Labute approximate surface area is 156 Å². The summed E-state index contributed by atoms with van der Waals surface area (Å²) < 4.78 is 10.4. The summed E-state index contributed by atoms with van der Waals surface area (Å²) in [6, 6.07) is 3.29. The van der Waals surface area contributed by atoms with Crippen LogP contribution in [0.2, 0.25) is 0 Å². The summed E-state index contributed by atoms with van der Waals surface area (Å²) in [5.41, 5.74) is 2.70. The zero-order chi connectivity index (χ0) is 18.8. The Hall–Kier alpha value is -2.94. The predicted molar refractivity (Wildman–Crippen MR) is 94.5 cm³/mol. The lowest BCUT2D eigenvalue weighted by molar-refractivity contribution is 0.0298. The number of carbonyl (C=O) groups is 2. The number of hydrogen-bond acceptors (Lipinski definition) is 6. The molecule has 1 N–H and O–H groups in total. The van der Waals surface area contributed by atoms with Crippen LogP contribution in [-0.2, 0) is 17.7 Å². The van der Waals surface area contributed by atoms with E-state index in [0.29, 0.717) is 63.0 Å². The number of morpholine rings is 1. The van der Waals surface area contributed by atoms with E-state index in [4.69, 9.17) is 9.47 Å². The van der Waals surface area contributed by atoms with Crippen molar-refractivity contribution in [2.45, 2.75) is 13.0 Å². The first-order valence-electron chi connectivity index (χ1n) is 8.90. The van der Waals surface area contributed by atoms with Gasteiger partial charge in [-0.15, -0.1) is 0 Å². The van der Waals surface area contributed by atoms with Crippen molar-refractivity contribution < 1.29 is 19.1 Å². The van der Waals surface area contributed by atoms with Crippen LogP contribution in [0.1, 0.15) is 32.1 Å². The normalized spacial score (nSPS) is 16.8. The lowest BCUT2D eigenvalue weighted by Crippen LogP contribution is -2.41. The molecule has 0 bridgehead atoms. The van der Waals surface area contributed by atoms with Gasteiger partial charge in [-0.05, 0) is 12.5 Å². The number of aromatic nitrogens is 3. The lowest BCUT2D eigenvalue weighted by Gasteiger charge is -2.28. The second-order valence-corrected chi connectivity index (χ2v) is 6.50. The maximum Gasteiger partial charge on any atom is 0.274 e. The number of H-pyrrole nitrogens is 1. The van der Waals surface area contributed by atoms with Gasteiger partial charge in [-0.25, -0.2) is 4.98 Å². The molecule has 2 aliphatic heterocycles. The monoisotopic (exact) mass is 371 g/mol. The van der Waals surface area contributed by atoms with Gasteiger partial charge in [0.1, 0.15) is 0 Å². The van der Waals surface area contributed by atoms with Gasteiger partial charge in [0, 0.05) is 43.0 Å². The van der Waals surface area contributed by atoms with Crippen LogP contribution in [-0.4, -0.2) is 76.8 Å². The molecule has 2 amide bonds. The molecule has 0 spiro atoms. The molecule has 1 fully saturated rings. The van der Waals surface area contributed by atoms with Gasteiger partial charge in [0.15, 0.2) is 5.69 Å². The van der Waals surface area contributed by atoms with Gasteiger partial charge >= 0.3 is 0 Å². The lowest BCUT2D eigenvalue weighted by atomic mass is 10.0. The zero-order valence-electron chi connectivity index (χ0n) is 15.1. The Balaban J connectivity index is 1.50. The number of hydrogen-bond donors (Lipinski definition) is 1. The summed E-state index contributed by atoms with van der Waals surface area (Å²) in [4.78, 5) is 33.0. The minimum absolute atomic E-state index is 0.0746. The van der Waals surface area contributed by atoms with Crippen LogP contribution in [0.15, 0.2) is 18.3 Å². The summed E-state index contributed by atoms with van der Waals surface area (Å²) in [7, 11) is 1.52. The minimum Gasteiger partial charge on any atom is -0.481 e. The number of fused-ring (bicyclic) bond motifs is 1. The highest BCUT2D eigenvalue weighted by Gasteiger charge is 2.30. The SMILES string of the molecule is COc1cc(C(=O)N2CCc3c(C(=O)N4CCOCC4)n[nH]c3C2)ccn1. The predicted octanol–water partition coefficient (Wildman–Crippen LogP) is 0.484. The third-order valence-electron chi connectivity index (χ3n) is 4.91. The van der Waals surface area contributed by atoms with Gasteiger partial charge in [-0.3, -0.25) is 14.7 Å². The number of nitrogens with one attached hydrogen (secondary N) is 1. The summed E-state index contributed by atoms with van der Waals surface area (Å²) in [5, 5.41) is 7.19. The minimum atomic E-state index is -0.1000. The van der Waals surface area contributed by atoms with Crippen molar-refractivity contribution in [1.29, 1.82) is 0 Å². The number of ether oxygens (including phenoxy) is 2. The van der Waals surface area contributed by atoms with Crippen LogP contribution < -0.4 is 4.74 Å². The second kappa shape index (κ2) is 7.36. The first-order chi connectivity index (χ1) is 13.2. The zero-order valence-corrected chi connectivity index (χ0v) is 15.1. The maximum absolute atomic E-state index is 12.8. The van der Waals surface area contributed by atoms with Gasteiger partial charge in [0.05, 0.1) is 32.6 Å². The van der Waals surface area contributed by atoms with Crippen LogP contribution in [0, 0.1) is 0 Å². The molecule has 9 nitrogen and oxygen atoms in total. The molecule has 142 valence electrons. The molecule has 0 unspecified atom stereocenters. The summed E-state index contributed by atoms with van der Waals surface area (Å²) >= 11 is 0. The molecule has 2 aliphatic rings. The number of amides is 2. The van der Waals surface area contributed by atoms with Gasteiger partial charge in [-0.2, -0.15) is 5.10 Å². The fourth-order valence-corrected chi connectivity index (χ4v) is 3.42. The third kappa shape index (κ3) is 3.37. The van der Waals surface area contributed by atoms with Crippen molar-refractivity contribution in [3.05, 3.63) is 40.8 Å². The van der Waals surface area contributed by atoms with E-state index in [0.717, 1.165) is 11.3 Å². The third-order valence-corrected chi connectivity index (χ3v) is 4.91. The van der Waals surface area contributed by atoms with Crippen molar-refractivity contribution in [3.63, 3.8) is 0 Å². The molecular formula is C18H21N5O4. The number of aromatic amines is 1. The van der Waals surface area contributed by atoms with Gasteiger partial charge in [0.2, 0.25) is 5.88 Å². The second-order valence-electron chi connectivity index (χ2n) is 6.50. The Bertz CT molecular complexity index is 859. The smallest absolute Gasteiger partial charge is 0.274 e. The van der Waals surface area contributed by atoms with Gasteiger partial charge in [0.25, 0.3) is 11.8 Å². The molecule has 0 radical (unpaired) electrons. The molecule has 4 heterocycles. The highest BCUT2D eigenvalue weighted by molar-refractivity contribution is 5.96. The van der Waals surface area contributed by atoms with E-state index in [9.17, 15) is 9.59 Å². The largest absolute Gasteiger partial charge is 0.481 e. The molecular weight excluding hydrogens is 350 g/mol. The van der Waals surface area contributed by atoms with Crippen LogP contribution in [0.4, 0.5) is 0 Å². The number of pyridine rings is 1. The van der Waals surface area contributed by atoms with E-state index < -0.39 is 0 Å². The quantitative estimate of drug-likeness (QED) is 0.843. The summed E-state index contributed by atoms with van der Waals surface area (Å²) in [6.07, 6.45) is 2.14. The first-order valence-corrected chi connectivity index (χ1v) is 8.90. The topological polar surface area (TPSA) is 101 Å². The van der Waals surface area contributed by atoms with Crippen molar-refractivity contribution in [2.24, 2.45) is 0 Å². The highest BCUT2D eigenvalue weighted by Crippen LogP contribution is 2.23. The van der Waals surface area contributed by atoms with E-state index in [1.54, 1.807) is 28.1 Å². The highest BCUT2D eigenvalue weighted by atomic mass is 16.5. The molecule has 2 aromatic heterocycles. The van der Waals surface area contributed by atoms with Gasteiger partial charge < -0.3 is 19.3 Å². The Morgan fingerprint density at radius 3 is 2.78 bits per heavy atom. The van der Waals surface area contributed by atoms with Gasteiger partial charge in [-0.1, -0.05) is 0 Å². The van der Waals surface area contributed by atoms with Crippen molar-refractivity contribution in [2.75, 3.05) is 40.0 Å². The van der Waals surface area contributed by atoms with E-state index in [1.165, 1.54) is 7.11 Å².